The number of alkyl halides is 2. The number of carbonyl (C=O) groups excluding carboxylic acids is 1. The fourth-order valence-electron chi connectivity index (χ4n) is 2.32. The van der Waals surface area contributed by atoms with Crippen LogP contribution in [0.3, 0.4) is 0 Å². The van der Waals surface area contributed by atoms with Gasteiger partial charge in [-0.3, -0.25) is 4.79 Å². The molecule has 1 aromatic carbocycles. The standard InChI is InChI=1S/C15H18F2N4O2/c1-8-11(9(2)21(20-8)15(16)17)7-14(22)19-10-4-5-13(23-3)12(18)6-10/h4-6,15H,7,18H2,1-3H3,(H,19,22). The van der Waals surface area contributed by atoms with Gasteiger partial charge in [0.25, 0.3) is 0 Å². The molecule has 0 saturated carbocycles. The average Bonchev–Trinajstić information content (AvgIpc) is 2.75. The van der Waals surface area contributed by atoms with Crippen molar-refractivity contribution in [2.45, 2.75) is 26.8 Å². The van der Waals surface area contributed by atoms with Crippen LogP contribution in [0.25, 0.3) is 0 Å². The third kappa shape index (κ3) is 3.58. The van der Waals surface area contributed by atoms with E-state index in [1.807, 2.05) is 0 Å². The molecule has 0 unspecified atom stereocenters. The summed E-state index contributed by atoms with van der Waals surface area (Å²) in [5, 5.41) is 6.43. The molecule has 0 aliphatic rings. The van der Waals surface area contributed by atoms with E-state index in [-0.39, 0.29) is 18.0 Å². The second kappa shape index (κ2) is 6.64. The summed E-state index contributed by atoms with van der Waals surface area (Å²) in [7, 11) is 1.50. The minimum atomic E-state index is -2.73. The lowest BCUT2D eigenvalue weighted by Gasteiger charge is -2.09. The van der Waals surface area contributed by atoms with E-state index in [0.717, 1.165) is 0 Å². The van der Waals surface area contributed by atoms with Crippen LogP contribution in [0.2, 0.25) is 0 Å². The number of hydrogen-bond donors (Lipinski definition) is 2. The summed E-state index contributed by atoms with van der Waals surface area (Å²) in [6.07, 6.45) is -0.0453. The first-order chi connectivity index (χ1) is 10.8. The first-order valence-electron chi connectivity index (χ1n) is 6.89. The highest BCUT2D eigenvalue weighted by atomic mass is 19.3. The number of nitrogens with two attached hydrogens (primary N) is 1. The third-order valence-electron chi connectivity index (χ3n) is 3.51. The van der Waals surface area contributed by atoms with Gasteiger partial charge in [0.15, 0.2) is 0 Å². The zero-order valence-electron chi connectivity index (χ0n) is 13.1. The summed E-state index contributed by atoms with van der Waals surface area (Å²) in [6.45, 7) is 0.381. The van der Waals surface area contributed by atoms with E-state index in [0.29, 0.717) is 33.1 Å². The minimum Gasteiger partial charge on any atom is -0.495 e. The van der Waals surface area contributed by atoms with Gasteiger partial charge in [0, 0.05) is 16.9 Å². The highest BCUT2D eigenvalue weighted by molar-refractivity contribution is 5.93. The molecule has 1 aromatic heterocycles. The van der Waals surface area contributed by atoms with Crippen LogP contribution in [0.5, 0.6) is 5.75 Å². The van der Waals surface area contributed by atoms with Crippen LogP contribution in [0.4, 0.5) is 20.2 Å². The molecular formula is C15H18F2N4O2. The summed E-state index contributed by atoms with van der Waals surface area (Å²) in [6, 6.07) is 4.85. The lowest BCUT2D eigenvalue weighted by molar-refractivity contribution is -0.115. The zero-order chi connectivity index (χ0) is 17.1. The molecule has 0 radical (unpaired) electrons. The molecule has 23 heavy (non-hydrogen) atoms. The Kier molecular flexibility index (Phi) is 4.83. The van der Waals surface area contributed by atoms with Gasteiger partial charge in [-0.2, -0.15) is 13.9 Å². The van der Waals surface area contributed by atoms with Gasteiger partial charge in [-0.25, -0.2) is 4.68 Å². The van der Waals surface area contributed by atoms with Crippen LogP contribution in [0.15, 0.2) is 18.2 Å². The molecule has 2 rings (SSSR count). The number of nitrogens with zero attached hydrogens (tertiary/aromatic N) is 2. The molecule has 6 nitrogen and oxygen atoms in total. The van der Waals surface area contributed by atoms with E-state index < -0.39 is 6.55 Å². The maximum Gasteiger partial charge on any atom is 0.333 e. The quantitative estimate of drug-likeness (QED) is 0.829. The summed E-state index contributed by atoms with van der Waals surface area (Å²) in [5.74, 6) is 0.169. The molecule has 0 fully saturated rings. The summed E-state index contributed by atoms with van der Waals surface area (Å²) in [4.78, 5) is 12.1. The molecule has 0 aliphatic heterocycles. The third-order valence-corrected chi connectivity index (χ3v) is 3.51. The van der Waals surface area contributed by atoms with Crippen LogP contribution >= 0.6 is 0 Å². The molecular weight excluding hydrogens is 306 g/mol. The predicted octanol–water partition coefficient (Wildman–Crippen LogP) is 2.67. The monoisotopic (exact) mass is 324 g/mol. The Morgan fingerprint density at radius 1 is 1.43 bits per heavy atom. The summed E-state index contributed by atoms with van der Waals surface area (Å²) in [5.41, 5.74) is 7.85. The predicted molar refractivity (Wildman–Crippen MR) is 82.7 cm³/mol. The molecule has 0 spiro atoms. The van der Waals surface area contributed by atoms with E-state index in [9.17, 15) is 13.6 Å². The largest absolute Gasteiger partial charge is 0.495 e. The van der Waals surface area contributed by atoms with Crippen molar-refractivity contribution in [3.8, 4) is 5.75 Å². The lowest BCUT2D eigenvalue weighted by atomic mass is 10.1. The number of benzene rings is 1. The zero-order valence-corrected chi connectivity index (χ0v) is 13.1. The average molecular weight is 324 g/mol. The maximum atomic E-state index is 12.8. The molecule has 8 heteroatoms. The van der Waals surface area contributed by atoms with Gasteiger partial charge < -0.3 is 15.8 Å². The van der Waals surface area contributed by atoms with Gasteiger partial charge >= 0.3 is 6.55 Å². The van der Waals surface area contributed by atoms with E-state index in [4.69, 9.17) is 10.5 Å². The molecule has 0 saturated heterocycles. The molecule has 0 bridgehead atoms. The van der Waals surface area contributed by atoms with Gasteiger partial charge in [-0.05, 0) is 32.0 Å². The molecule has 3 N–H and O–H groups in total. The van der Waals surface area contributed by atoms with Crippen LogP contribution < -0.4 is 15.8 Å². The summed E-state index contributed by atoms with van der Waals surface area (Å²) < 4.78 is 31.2. The van der Waals surface area contributed by atoms with Gasteiger partial charge in [0.2, 0.25) is 5.91 Å². The molecule has 1 heterocycles. The number of ether oxygens (including phenoxy) is 1. The highest BCUT2D eigenvalue weighted by Crippen LogP contribution is 2.25. The van der Waals surface area contributed by atoms with Crippen molar-refractivity contribution in [3.05, 3.63) is 35.2 Å². The molecule has 1 amide bonds. The number of hydrogen-bond acceptors (Lipinski definition) is 4. The molecule has 0 aliphatic carbocycles. The number of anilines is 2. The Balaban J connectivity index is 2.13. The number of methoxy groups -OCH3 is 1. The number of aryl methyl sites for hydroxylation is 1. The van der Waals surface area contributed by atoms with Crippen molar-refractivity contribution in [2.24, 2.45) is 0 Å². The van der Waals surface area contributed by atoms with Gasteiger partial charge in [-0.15, -0.1) is 0 Å². The second-order valence-corrected chi connectivity index (χ2v) is 5.05. The summed E-state index contributed by atoms with van der Waals surface area (Å²) >= 11 is 0. The topological polar surface area (TPSA) is 82.2 Å². The van der Waals surface area contributed by atoms with Crippen LogP contribution in [-0.2, 0) is 11.2 Å². The van der Waals surface area contributed by atoms with Crippen molar-refractivity contribution >= 4 is 17.3 Å². The van der Waals surface area contributed by atoms with Crippen LogP contribution in [-0.4, -0.2) is 22.8 Å². The number of rotatable bonds is 5. The van der Waals surface area contributed by atoms with Gasteiger partial charge in [-0.1, -0.05) is 0 Å². The Morgan fingerprint density at radius 2 is 2.13 bits per heavy atom. The van der Waals surface area contributed by atoms with Crippen molar-refractivity contribution in [1.82, 2.24) is 9.78 Å². The van der Waals surface area contributed by atoms with E-state index in [1.165, 1.54) is 14.0 Å². The Hall–Kier alpha value is -2.64. The fraction of sp³-hybridized carbons (Fsp3) is 0.333. The number of amides is 1. The van der Waals surface area contributed by atoms with Crippen LogP contribution in [0, 0.1) is 13.8 Å². The lowest BCUT2D eigenvalue weighted by Crippen LogP contribution is -2.15. The van der Waals surface area contributed by atoms with Gasteiger partial charge in [0.05, 0.1) is 24.9 Å². The molecule has 2 aromatic rings. The van der Waals surface area contributed by atoms with E-state index in [1.54, 1.807) is 25.1 Å². The highest BCUT2D eigenvalue weighted by Gasteiger charge is 2.19. The SMILES string of the molecule is COc1ccc(NC(=O)Cc2c(C)nn(C(F)F)c2C)cc1N. The van der Waals surface area contributed by atoms with Gasteiger partial charge in [0.1, 0.15) is 5.75 Å². The van der Waals surface area contributed by atoms with Crippen molar-refractivity contribution in [1.29, 1.82) is 0 Å². The smallest absolute Gasteiger partial charge is 0.333 e. The Labute approximate surface area is 132 Å². The first-order valence-corrected chi connectivity index (χ1v) is 6.89. The molecule has 124 valence electrons. The van der Waals surface area contributed by atoms with E-state index >= 15 is 0 Å². The minimum absolute atomic E-state index is 0.0453. The number of nitrogens with one attached hydrogen (secondary N) is 1. The Morgan fingerprint density at radius 3 is 2.65 bits per heavy atom. The molecule has 0 atom stereocenters. The number of aromatic nitrogens is 2. The fourth-order valence-corrected chi connectivity index (χ4v) is 2.32. The van der Waals surface area contributed by atoms with Crippen molar-refractivity contribution in [2.75, 3.05) is 18.2 Å². The van der Waals surface area contributed by atoms with Crippen molar-refractivity contribution < 1.29 is 18.3 Å². The normalized spacial score (nSPS) is 10.9. The van der Waals surface area contributed by atoms with Crippen LogP contribution in [0.1, 0.15) is 23.5 Å². The second-order valence-electron chi connectivity index (χ2n) is 5.05. The van der Waals surface area contributed by atoms with Crippen molar-refractivity contribution in [3.63, 3.8) is 0 Å². The first kappa shape index (κ1) is 16.7. The van der Waals surface area contributed by atoms with E-state index in [2.05, 4.69) is 10.4 Å². The maximum absolute atomic E-state index is 12.8. The number of halogens is 2. The number of nitrogen functional groups attached to an aromatic ring is 1. The Bertz CT molecular complexity index is 729. The number of carbonyl (C=O) groups is 1.